The standard InChI is InChI=1S/C24H39NO4/c1-23(2,3)17-12-20(13-17)28-22-9-8-18(16-25-22)26-10-7-11-27-19-14-21(15-19)29-24(4,5)6/h8-9,16-17,19-21H,7,10-15H2,1-6H3. The Morgan fingerprint density at radius 2 is 1.62 bits per heavy atom. The van der Waals surface area contributed by atoms with Gasteiger partial charge in [-0.2, -0.15) is 0 Å². The zero-order valence-electron chi connectivity index (χ0n) is 19.1. The van der Waals surface area contributed by atoms with Crippen LogP contribution in [-0.4, -0.2) is 42.1 Å². The number of hydrogen-bond donors (Lipinski definition) is 0. The largest absolute Gasteiger partial charge is 0.492 e. The van der Waals surface area contributed by atoms with E-state index >= 15 is 0 Å². The van der Waals surface area contributed by atoms with Crippen molar-refractivity contribution in [3.05, 3.63) is 18.3 Å². The minimum atomic E-state index is -0.0647. The first-order valence-corrected chi connectivity index (χ1v) is 11.1. The zero-order valence-corrected chi connectivity index (χ0v) is 19.1. The SMILES string of the molecule is CC(C)(C)OC1CC(OCCCOc2ccc(OC3CC(C(C)(C)C)C3)nc2)C1. The van der Waals surface area contributed by atoms with Crippen molar-refractivity contribution in [3.63, 3.8) is 0 Å². The lowest BCUT2D eigenvalue weighted by molar-refractivity contribution is -0.149. The van der Waals surface area contributed by atoms with Gasteiger partial charge in [0.15, 0.2) is 0 Å². The molecule has 2 aliphatic carbocycles. The highest BCUT2D eigenvalue weighted by Gasteiger charge is 2.38. The summed E-state index contributed by atoms with van der Waals surface area (Å²) in [6.45, 7) is 14.5. The maximum atomic E-state index is 5.96. The van der Waals surface area contributed by atoms with Gasteiger partial charge in [-0.25, -0.2) is 4.98 Å². The minimum absolute atomic E-state index is 0.0647. The van der Waals surface area contributed by atoms with Crippen molar-refractivity contribution in [2.75, 3.05) is 13.2 Å². The topological polar surface area (TPSA) is 49.8 Å². The van der Waals surface area contributed by atoms with Crippen molar-refractivity contribution in [1.82, 2.24) is 4.98 Å². The molecule has 0 N–H and O–H groups in total. The molecule has 2 aliphatic rings. The molecule has 0 radical (unpaired) electrons. The Labute approximate surface area is 176 Å². The molecule has 2 fully saturated rings. The van der Waals surface area contributed by atoms with Gasteiger partial charge in [0.1, 0.15) is 11.9 Å². The molecule has 3 rings (SSSR count). The number of pyridine rings is 1. The molecule has 164 valence electrons. The van der Waals surface area contributed by atoms with Gasteiger partial charge in [0.25, 0.3) is 0 Å². The molecule has 5 nitrogen and oxygen atoms in total. The molecule has 5 heteroatoms. The third kappa shape index (κ3) is 7.14. The van der Waals surface area contributed by atoms with E-state index in [0.29, 0.717) is 36.2 Å². The van der Waals surface area contributed by atoms with Crippen LogP contribution in [0.2, 0.25) is 0 Å². The predicted octanol–water partition coefficient (Wildman–Crippen LogP) is 5.42. The normalized spacial score (nSPS) is 27.1. The van der Waals surface area contributed by atoms with Gasteiger partial charge in [-0.05, 0) is 63.9 Å². The first kappa shape index (κ1) is 22.4. The third-order valence-electron chi connectivity index (χ3n) is 5.80. The van der Waals surface area contributed by atoms with E-state index < -0.39 is 0 Å². The summed E-state index contributed by atoms with van der Waals surface area (Å²) < 4.78 is 23.5. The predicted molar refractivity (Wildman–Crippen MR) is 115 cm³/mol. The van der Waals surface area contributed by atoms with Crippen LogP contribution in [0.1, 0.15) is 73.6 Å². The molecule has 0 bridgehead atoms. The molecule has 0 aromatic carbocycles. The zero-order chi connectivity index (χ0) is 21.1. The Balaban J connectivity index is 1.23. The lowest BCUT2D eigenvalue weighted by Gasteiger charge is -2.43. The van der Waals surface area contributed by atoms with E-state index in [1.165, 1.54) is 0 Å². The molecule has 0 unspecified atom stereocenters. The first-order valence-electron chi connectivity index (χ1n) is 11.1. The van der Waals surface area contributed by atoms with E-state index in [1.54, 1.807) is 6.20 Å². The fourth-order valence-corrected chi connectivity index (χ4v) is 3.81. The molecule has 1 aromatic heterocycles. The van der Waals surface area contributed by atoms with E-state index in [2.05, 4.69) is 46.5 Å². The van der Waals surface area contributed by atoms with Gasteiger partial charge in [-0.1, -0.05) is 20.8 Å². The van der Waals surface area contributed by atoms with Crippen LogP contribution in [0.15, 0.2) is 18.3 Å². The summed E-state index contributed by atoms with van der Waals surface area (Å²) in [6.07, 6.45) is 7.85. The van der Waals surface area contributed by atoms with Crippen LogP contribution in [0.4, 0.5) is 0 Å². The molecule has 1 aromatic rings. The van der Waals surface area contributed by atoms with Gasteiger partial charge in [-0.15, -0.1) is 0 Å². The summed E-state index contributed by atoms with van der Waals surface area (Å²) in [4.78, 5) is 4.38. The molecular formula is C24H39NO4. The Hall–Kier alpha value is -1.33. The highest BCUT2D eigenvalue weighted by atomic mass is 16.5. The molecule has 0 aliphatic heterocycles. The maximum absolute atomic E-state index is 5.96. The number of nitrogens with zero attached hydrogens (tertiary/aromatic N) is 1. The number of hydrogen-bond acceptors (Lipinski definition) is 5. The Morgan fingerprint density at radius 1 is 0.897 bits per heavy atom. The van der Waals surface area contributed by atoms with Crippen molar-refractivity contribution in [2.24, 2.45) is 11.3 Å². The lowest BCUT2D eigenvalue weighted by Crippen LogP contribution is -2.41. The van der Waals surface area contributed by atoms with Crippen LogP contribution in [0.25, 0.3) is 0 Å². The summed E-state index contributed by atoms with van der Waals surface area (Å²) in [6, 6.07) is 3.84. The van der Waals surface area contributed by atoms with Gasteiger partial charge < -0.3 is 18.9 Å². The van der Waals surface area contributed by atoms with Crippen LogP contribution >= 0.6 is 0 Å². The average molecular weight is 406 g/mol. The summed E-state index contributed by atoms with van der Waals surface area (Å²) in [5.41, 5.74) is 0.306. The quantitative estimate of drug-likeness (QED) is 0.514. The summed E-state index contributed by atoms with van der Waals surface area (Å²) in [5, 5.41) is 0. The fraction of sp³-hybridized carbons (Fsp3) is 0.792. The second kappa shape index (κ2) is 9.22. The Kier molecular flexibility index (Phi) is 7.10. The van der Waals surface area contributed by atoms with Gasteiger partial charge >= 0.3 is 0 Å². The minimum Gasteiger partial charge on any atom is -0.492 e. The number of ether oxygens (including phenoxy) is 4. The molecule has 0 saturated heterocycles. The lowest BCUT2D eigenvalue weighted by atomic mass is 9.67. The molecule has 0 spiro atoms. The van der Waals surface area contributed by atoms with E-state index in [0.717, 1.165) is 50.4 Å². The van der Waals surface area contributed by atoms with Gasteiger partial charge in [0.2, 0.25) is 5.88 Å². The number of rotatable bonds is 9. The molecular weight excluding hydrogens is 366 g/mol. The summed E-state index contributed by atoms with van der Waals surface area (Å²) >= 11 is 0. The van der Waals surface area contributed by atoms with Gasteiger partial charge in [-0.3, -0.25) is 0 Å². The van der Waals surface area contributed by atoms with Crippen molar-refractivity contribution < 1.29 is 18.9 Å². The van der Waals surface area contributed by atoms with E-state index in [-0.39, 0.29) is 5.60 Å². The highest BCUT2D eigenvalue weighted by molar-refractivity contribution is 5.23. The van der Waals surface area contributed by atoms with Crippen LogP contribution < -0.4 is 9.47 Å². The molecule has 0 atom stereocenters. The molecule has 2 saturated carbocycles. The Bertz CT molecular complexity index is 620. The second-order valence-corrected chi connectivity index (χ2v) is 10.6. The van der Waals surface area contributed by atoms with Crippen LogP contribution in [-0.2, 0) is 9.47 Å². The fourth-order valence-electron chi connectivity index (χ4n) is 3.81. The van der Waals surface area contributed by atoms with Crippen molar-refractivity contribution in [2.45, 2.75) is 97.6 Å². The average Bonchev–Trinajstić information content (AvgIpc) is 2.53. The van der Waals surface area contributed by atoms with E-state index in [1.807, 2.05) is 12.1 Å². The number of aromatic nitrogens is 1. The van der Waals surface area contributed by atoms with E-state index in [4.69, 9.17) is 18.9 Å². The van der Waals surface area contributed by atoms with Crippen molar-refractivity contribution in [1.29, 1.82) is 0 Å². The van der Waals surface area contributed by atoms with Gasteiger partial charge in [0, 0.05) is 12.5 Å². The second-order valence-electron chi connectivity index (χ2n) is 10.6. The third-order valence-corrected chi connectivity index (χ3v) is 5.80. The van der Waals surface area contributed by atoms with Crippen LogP contribution in [0.5, 0.6) is 11.6 Å². The van der Waals surface area contributed by atoms with Gasteiger partial charge in [0.05, 0.1) is 37.2 Å². The summed E-state index contributed by atoms with van der Waals surface area (Å²) in [5.74, 6) is 2.21. The maximum Gasteiger partial charge on any atom is 0.213 e. The highest BCUT2D eigenvalue weighted by Crippen LogP contribution is 2.42. The monoisotopic (exact) mass is 405 g/mol. The Morgan fingerprint density at radius 3 is 2.21 bits per heavy atom. The smallest absolute Gasteiger partial charge is 0.213 e. The molecule has 1 heterocycles. The molecule has 0 amide bonds. The van der Waals surface area contributed by atoms with E-state index in [9.17, 15) is 0 Å². The molecule has 29 heavy (non-hydrogen) atoms. The van der Waals surface area contributed by atoms with Crippen molar-refractivity contribution >= 4 is 0 Å². The summed E-state index contributed by atoms with van der Waals surface area (Å²) in [7, 11) is 0. The van der Waals surface area contributed by atoms with Crippen LogP contribution in [0, 0.1) is 11.3 Å². The van der Waals surface area contributed by atoms with Crippen LogP contribution in [0.3, 0.4) is 0 Å². The first-order chi connectivity index (χ1) is 13.6. The van der Waals surface area contributed by atoms with Crippen molar-refractivity contribution in [3.8, 4) is 11.6 Å².